The van der Waals surface area contributed by atoms with Crippen LogP contribution in [-0.4, -0.2) is 61.1 Å². The molecule has 1 amide bonds. The summed E-state index contributed by atoms with van der Waals surface area (Å²) in [6, 6.07) is 7.11. The second-order valence-electron chi connectivity index (χ2n) is 8.44. The van der Waals surface area contributed by atoms with Crippen molar-refractivity contribution in [1.29, 1.82) is 0 Å². The molecule has 2 bridgehead atoms. The van der Waals surface area contributed by atoms with Gasteiger partial charge in [0.25, 0.3) is 5.69 Å². The largest absolute Gasteiger partial charge is 0.465 e. The summed E-state index contributed by atoms with van der Waals surface area (Å²) in [5.41, 5.74) is -0.531. The summed E-state index contributed by atoms with van der Waals surface area (Å²) in [6.45, 7) is 0.836. The first-order chi connectivity index (χ1) is 17.1. The van der Waals surface area contributed by atoms with Gasteiger partial charge in [0.2, 0.25) is 0 Å². The van der Waals surface area contributed by atoms with Crippen molar-refractivity contribution in [3.63, 3.8) is 0 Å². The standard InChI is InChI=1S/C22H18F3N7O4/c23-22(24,25)13-2-4-26-18(6-13)29-19-9-14(32(35)36)8-17(28-19)12-1-3-27-20(5-12)30-10-16-7-15(30)11-31(16)21(33)34/h1-6,8-9,15-16H,7,10-11H2,(H,33,34)(H,26,28,29)/t15-,16-/m0/s1. The highest BCUT2D eigenvalue weighted by atomic mass is 19.4. The number of rotatable bonds is 5. The van der Waals surface area contributed by atoms with Gasteiger partial charge in [0.15, 0.2) is 0 Å². The maximum Gasteiger partial charge on any atom is 0.416 e. The molecule has 3 aromatic heterocycles. The third kappa shape index (κ3) is 4.44. The molecule has 2 saturated heterocycles. The van der Waals surface area contributed by atoms with Crippen LogP contribution in [0.3, 0.4) is 0 Å². The predicted octanol–water partition coefficient (Wildman–Crippen LogP) is 4.15. The van der Waals surface area contributed by atoms with E-state index in [1.54, 1.807) is 12.1 Å². The minimum atomic E-state index is -4.58. The summed E-state index contributed by atoms with van der Waals surface area (Å²) in [7, 11) is 0. The summed E-state index contributed by atoms with van der Waals surface area (Å²) >= 11 is 0. The number of pyridine rings is 3. The van der Waals surface area contributed by atoms with Gasteiger partial charge in [0.05, 0.1) is 34.3 Å². The summed E-state index contributed by atoms with van der Waals surface area (Å²) in [5, 5.41) is 23.5. The minimum absolute atomic E-state index is 0.0314. The van der Waals surface area contributed by atoms with Crippen LogP contribution in [0.5, 0.6) is 0 Å². The van der Waals surface area contributed by atoms with E-state index in [-0.39, 0.29) is 35.1 Å². The van der Waals surface area contributed by atoms with Gasteiger partial charge < -0.3 is 20.2 Å². The third-order valence-electron chi connectivity index (χ3n) is 6.19. The molecule has 14 heteroatoms. The van der Waals surface area contributed by atoms with Crippen molar-refractivity contribution in [2.45, 2.75) is 24.7 Å². The number of nitro groups is 1. The number of fused-ring (bicyclic) bond motifs is 2. The number of nitrogens with one attached hydrogen (secondary N) is 1. The van der Waals surface area contributed by atoms with Crippen LogP contribution in [-0.2, 0) is 6.18 Å². The third-order valence-corrected chi connectivity index (χ3v) is 6.19. The van der Waals surface area contributed by atoms with Gasteiger partial charge in [-0.25, -0.2) is 19.7 Å². The highest BCUT2D eigenvalue weighted by Gasteiger charge is 2.45. The van der Waals surface area contributed by atoms with Crippen molar-refractivity contribution >= 4 is 29.2 Å². The second-order valence-corrected chi connectivity index (χ2v) is 8.44. The Morgan fingerprint density at radius 3 is 2.53 bits per heavy atom. The topological polar surface area (TPSA) is 138 Å². The molecule has 186 valence electrons. The number of hydrogen-bond donors (Lipinski definition) is 2. The SMILES string of the molecule is O=C(O)N1C[C@@H]2C[C@H]1CN2c1cc(-c2cc([N+](=O)[O-])cc(Nc3cc(C(F)(F)F)ccn3)n2)ccn1. The predicted molar refractivity (Wildman–Crippen MR) is 121 cm³/mol. The van der Waals surface area contributed by atoms with E-state index in [0.29, 0.717) is 30.9 Å². The van der Waals surface area contributed by atoms with E-state index >= 15 is 0 Å². The average Bonchev–Trinajstić information content (AvgIpc) is 3.45. The zero-order chi connectivity index (χ0) is 25.6. The van der Waals surface area contributed by atoms with Crippen molar-refractivity contribution in [1.82, 2.24) is 19.9 Å². The monoisotopic (exact) mass is 501 g/mol. The number of alkyl halides is 3. The van der Waals surface area contributed by atoms with Crippen LogP contribution in [0, 0.1) is 10.1 Å². The van der Waals surface area contributed by atoms with Crippen LogP contribution >= 0.6 is 0 Å². The number of aromatic nitrogens is 3. The van der Waals surface area contributed by atoms with E-state index in [4.69, 9.17) is 0 Å². The Kier molecular flexibility index (Phi) is 5.57. The quantitative estimate of drug-likeness (QED) is 0.390. The molecule has 5 heterocycles. The molecule has 0 unspecified atom stereocenters. The smallest absolute Gasteiger partial charge is 0.416 e. The highest BCUT2D eigenvalue weighted by Crippen LogP contribution is 2.36. The molecule has 2 aliphatic heterocycles. The van der Waals surface area contributed by atoms with Crippen LogP contribution in [0.2, 0.25) is 0 Å². The number of carboxylic acid groups (broad SMARTS) is 1. The lowest BCUT2D eigenvalue weighted by atomic mass is 10.1. The van der Waals surface area contributed by atoms with Gasteiger partial charge in [0.1, 0.15) is 17.5 Å². The molecule has 0 aromatic carbocycles. The number of piperazine rings is 1. The second kappa shape index (κ2) is 8.62. The van der Waals surface area contributed by atoms with Gasteiger partial charge in [0, 0.05) is 37.1 Å². The van der Waals surface area contributed by atoms with E-state index in [1.807, 2.05) is 4.90 Å². The first kappa shape index (κ1) is 23.3. The van der Waals surface area contributed by atoms with Crippen molar-refractivity contribution in [2.24, 2.45) is 0 Å². The summed E-state index contributed by atoms with van der Waals surface area (Å²) < 4.78 is 39.1. The van der Waals surface area contributed by atoms with Crippen LogP contribution in [0.25, 0.3) is 11.3 Å². The summed E-state index contributed by atoms with van der Waals surface area (Å²) in [4.78, 5) is 38.3. The molecule has 2 fully saturated rings. The van der Waals surface area contributed by atoms with Crippen LogP contribution < -0.4 is 10.2 Å². The van der Waals surface area contributed by atoms with E-state index in [2.05, 4.69) is 20.3 Å². The Morgan fingerprint density at radius 1 is 1.08 bits per heavy atom. The maximum absolute atomic E-state index is 13.0. The van der Waals surface area contributed by atoms with Gasteiger partial charge in [-0.15, -0.1) is 0 Å². The Balaban J connectivity index is 1.44. The Bertz CT molecular complexity index is 1350. The number of carbonyl (C=O) groups is 1. The molecule has 3 aromatic rings. The first-order valence-corrected chi connectivity index (χ1v) is 10.8. The zero-order valence-electron chi connectivity index (χ0n) is 18.4. The molecule has 2 aliphatic rings. The van der Waals surface area contributed by atoms with Crippen LogP contribution in [0.1, 0.15) is 12.0 Å². The van der Waals surface area contributed by atoms with Crippen molar-refractivity contribution in [3.8, 4) is 11.3 Å². The first-order valence-electron chi connectivity index (χ1n) is 10.8. The Labute approximate surface area is 201 Å². The maximum atomic E-state index is 13.0. The van der Waals surface area contributed by atoms with E-state index in [1.165, 1.54) is 17.2 Å². The Hall–Kier alpha value is -4.49. The molecule has 2 N–H and O–H groups in total. The van der Waals surface area contributed by atoms with E-state index in [0.717, 1.165) is 24.4 Å². The van der Waals surface area contributed by atoms with Gasteiger partial charge >= 0.3 is 12.3 Å². The lowest BCUT2D eigenvalue weighted by Crippen LogP contribution is -2.48. The van der Waals surface area contributed by atoms with Gasteiger partial charge in [-0.2, -0.15) is 13.2 Å². The molecule has 0 radical (unpaired) electrons. The molecular formula is C22H18F3N7O4. The fourth-order valence-electron chi connectivity index (χ4n) is 4.56. The molecule has 0 spiro atoms. The summed E-state index contributed by atoms with van der Waals surface area (Å²) in [6.07, 6.45) is -2.35. The molecule has 11 nitrogen and oxygen atoms in total. The van der Waals surface area contributed by atoms with Crippen molar-refractivity contribution < 1.29 is 28.0 Å². The molecule has 2 atom stereocenters. The molecular weight excluding hydrogens is 483 g/mol. The van der Waals surface area contributed by atoms with Crippen molar-refractivity contribution in [3.05, 3.63) is 64.5 Å². The van der Waals surface area contributed by atoms with Gasteiger partial charge in [-0.1, -0.05) is 0 Å². The molecule has 36 heavy (non-hydrogen) atoms. The number of anilines is 3. The lowest BCUT2D eigenvalue weighted by molar-refractivity contribution is -0.384. The molecule has 5 rings (SSSR count). The number of halogens is 3. The minimum Gasteiger partial charge on any atom is -0.465 e. The van der Waals surface area contributed by atoms with Crippen LogP contribution in [0.4, 0.5) is 41.1 Å². The zero-order valence-corrected chi connectivity index (χ0v) is 18.4. The lowest BCUT2D eigenvalue weighted by Gasteiger charge is -2.33. The highest BCUT2D eigenvalue weighted by molar-refractivity contribution is 5.70. The van der Waals surface area contributed by atoms with Crippen molar-refractivity contribution in [2.75, 3.05) is 23.3 Å². The molecule has 0 aliphatic carbocycles. The number of likely N-dealkylation sites (tertiary alicyclic amines) is 1. The Morgan fingerprint density at radius 2 is 1.86 bits per heavy atom. The average molecular weight is 501 g/mol. The normalized spacial score (nSPS) is 19.0. The fraction of sp³-hybridized carbons (Fsp3) is 0.273. The van der Waals surface area contributed by atoms with Crippen LogP contribution in [0.15, 0.2) is 48.8 Å². The van der Waals surface area contributed by atoms with Gasteiger partial charge in [-0.3, -0.25) is 10.1 Å². The van der Waals surface area contributed by atoms with E-state index < -0.39 is 22.8 Å². The number of amides is 1. The molecule has 0 saturated carbocycles. The fourth-order valence-corrected chi connectivity index (χ4v) is 4.56. The van der Waals surface area contributed by atoms with Gasteiger partial charge in [-0.05, 0) is 30.7 Å². The number of nitrogens with zero attached hydrogens (tertiary/aromatic N) is 6. The number of hydrogen-bond acceptors (Lipinski definition) is 8. The van der Waals surface area contributed by atoms with E-state index in [9.17, 15) is 33.2 Å². The summed E-state index contributed by atoms with van der Waals surface area (Å²) in [5.74, 6) is 0.351.